The number of rotatable bonds is 5. The van der Waals surface area contributed by atoms with Gasteiger partial charge in [-0.2, -0.15) is 5.10 Å². The molecule has 2 saturated heterocycles. The quantitative estimate of drug-likeness (QED) is 0.829. The van der Waals surface area contributed by atoms with Gasteiger partial charge in [0.2, 0.25) is 5.91 Å². The summed E-state index contributed by atoms with van der Waals surface area (Å²) in [4.78, 5) is 16.5. The first-order valence-electron chi connectivity index (χ1n) is 8.55. The summed E-state index contributed by atoms with van der Waals surface area (Å²) in [5.74, 6) is 1.59. The van der Waals surface area contributed by atoms with Gasteiger partial charge in [0.1, 0.15) is 0 Å². The van der Waals surface area contributed by atoms with Gasteiger partial charge in [-0.1, -0.05) is 0 Å². The Kier molecular flexibility index (Phi) is 5.51. The highest BCUT2D eigenvalue weighted by Gasteiger charge is 2.26. The van der Waals surface area contributed by atoms with Crippen molar-refractivity contribution < 1.29 is 9.53 Å². The van der Waals surface area contributed by atoms with Crippen molar-refractivity contribution in [1.29, 1.82) is 0 Å². The SMILES string of the molecule is COCCC(=O)N1CCCC(c2cc(N3CCNCC3)n[nH]2)C1. The molecule has 23 heavy (non-hydrogen) atoms. The van der Waals surface area contributed by atoms with Crippen molar-refractivity contribution in [3.05, 3.63) is 11.8 Å². The summed E-state index contributed by atoms with van der Waals surface area (Å²) in [7, 11) is 1.63. The molecule has 7 heteroatoms. The second kappa shape index (κ2) is 7.79. The summed E-state index contributed by atoms with van der Waals surface area (Å²) in [6.45, 7) is 6.15. The summed E-state index contributed by atoms with van der Waals surface area (Å²) >= 11 is 0. The third-order valence-electron chi connectivity index (χ3n) is 4.76. The van der Waals surface area contributed by atoms with Crippen LogP contribution in [0.3, 0.4) is 0 Å². The van der Waals surface area contributed by atoms with E-state index in [1.54, 1.807) is 7.11 Å². The van der Waals surface area contributed by atoms with E-state index in [2.05, 4.69) is 26.5 Å². The number of carbonyl (C=O) groups is 1. The van der Waals surface area contributed by atoms with Crippen LogP contribution in [0.15, 0.2) is 6.07 Å². The molecule has 1 amide bonds. The predicted octanol–water partition coefficient (Wildman–Crippen LogP) is 0.562. The normalized spacial score (nSPS) is 22.4. The highest BCUT2D eigenvalue weighted by Crippen LogP contribution is 2.28. The molecule has 2 N–H and O–H groups in total. The lowest BCUT2D eigenvalue weighted by Crippen LogP contribution is -2.43. The molecule has 1 unspecified atom stereocenters. The monoisotopic (exact) mass is 321 g/mol. The van der Waals surface area contributed by atoms with Gasteiger partial charge in [0, 0.05) is 64.1 Å². The lowest BCUT2D eigenvalue weighted by molar-refractivity contribution is -0.133. The third-order valence-corrected chi connectivity index (χ3v) is 4.76. The molecular weight excluding hydrogens is 294 g/mol. The average molecular weight is 321 g/mol. The number of H-pyrrole nitrogens is 1. The number of likely N-dealkylation sites (tertiary alicyclic amines) is 1. The van der Waals surface area contributed by atoms with Gasteiger partial charge in [0.15, 0.2) is 5.82 Å². The fourth-order valence-electron chi connectivity index (χ4n) is 3.40. The molecule has 0 aromatic carbocycles. The molecule has 128 valence electrons. The highest BCUT2D eigenvalue weighted by molar-refractivity contribution is 5.76. The number of piperidine rings is 1. The first kappa shape index (κ1) is 16.3. The van der Waals surface area contributed by atoms with Gasteiger partial charge in [-0.05, 0) is 12.8 Å². The van der Waals surface area contributed by atoms with Crippen LogP contribution >= 0.6 is 0 Å². The molecule has 1 aromatic heterocycles. The minimum Gasteiger partial charge on any atom is -0.384 e. The number of anilines is 1. The summed E-state index contributed by atoms with van der Waals surface area (Å²) in [6.07, 6.45) is 2.63. The van der Waals surface area contributed by atoms with Crippen LogP contribution in [0.2, 0.25) is 0 Å². The molecule has 0 radical (unpaired) electrons. The Morgan fingerprint density at radius 2 is 2.22 bits per heavy atom. The van der Waals surface area contributed by atoms with Crippen LogP contribution < -0.4 is 10.2 Å². The fraction of sp³-hybridized carbons (Fsp3) is 0.750. The van der Waals surface area contributed by atoms with Crippen LogP contribution in [0.25, 0.3) is 0 Å². The van der Waals surface area contributed by atoms with E-state index < -0.39 is 0 Å². The number of aromatic nitrogens is 2. The molecule has 2 fully saturated rings. The third kappa shape index (κ3) is 4.03. The van der Waals surface area contributed by atoms with Crippen LogP contribution in [0.1, 0.15) is 30.9 Å². The van der Waals surface area contributed by atoms with Crippen molar-refractivity contribution in [2.45, 2.75) is 25.2 Å². The standard InChI is InChI=1S/C16H27N5O2/c1-23-10-4-16(22)21-7-2-3-13(12-21)14-11-15(19-18-14)20-8-5-17-6-9-20/h11,13,17H,2-10,12H2,1H3,(H,18,19). The van der Waals surface area contributed by atoms with Crippen molar-refractivity contribution in [1.82, 2.24) is 20.4 Å². The molecule has 0 bridgehead atoms. The zero-order chi connectivity index (χ0) is 16.1. The maximum Gasteiger partial charge on any atom is 0.224 e. The van der Waals surface area contributed by atoms with Gasteiger partial charge in [-0.25, -0.2) is 0 Å². The molecule has 3 heterocycles. The molecular formula is C16H27N5O2. The Hall–Kier alpha value is -1.60. The van der Waals surface area contributed by atoms with Gasteiger partial charge in [0.25, 0.3) is 0 Å². The summed E-state index contributed by atoms with van der Waals surface area (Å²) in [5, 5.41) is 11.0. The lowest BCUT2D eigenvalue weighted by Gasteiger charge is -2.32. The zero-order valence-electron chi connectivity index (χ0n) is 13.9. The maximum absolute atomic E-state index is 12.2. The van der Waals surface area contributed by atoms with Gasteiger partial charge >= 0.3 is 0 Å². The number of methoxy groups -OCH3 is 1. The van der Waals surface area contributed by atoms with Crippen LogP contribution in [-0.2, 0) is 9.53 Å². The van der Waals surface area contributed by atoms with Crippen molar-refractivity contribution in [2.75, 3.05) is 57.9 Å². The zero-order valence-corrected chi connectivity index (χ0v) is 13.9. The number of hydrogen-bond acceptors (Lipinski definition) is 5. The van der Waals surface area contributed by atoms with E-state index in [0.717, 1.165) is 63.6 Å². The number of hydrogen-bond donors (Lipinski definition) is 2. The topological polar surface area (TPSA) is 73.5 Å². The predicted molar refractivity (Wildman–Crippen MR) is 88.7 cm³/mol. The van der Waals surface area contributed by atoms with E-state index in [9.17, 15) is 4.79 Å². The van der Waals surface area contributed by atoms with Crippen molar-refractivity contribution >= 4 is 11.7 Å². The molecule has 0 aliphatic carbocycles. The number of piperazine rings is 1. The van der Waals surface area contributed by atoms with E-state index in [1.165, 1.54) is 0 Å². The second-order valence-corrected chi connectivity index (χ2v) is 6.34. The number of aromatic amines is 1. The smallest absolute Gasteiger partial charge is 0.224 e. The van der Waals surface area contributed by atoms with Crippen LogP contribution in [0, 0.1) is 0 Å². The Balaban J connectivity index is 1.60. The molecule has 2 aliphatic heterocycles. The maximum atomic E-state index is 12.2. The van der Waals surface area contributed by atoms with Crippen LogP contribution in [0.5, 0.6) is 0 Å². The van der Waals surface area contributed by atoms with Crippen LogP contribution in [0.4, 0.5) is 5.82 Å². The molecule has 2 aliphatic rings. The number of carbonyl (C=O) groups excluding carboxylic acids is 1. The number of ether oxygens (including phenoxy) is 1. The van der Waals surface area contributed by atoms with E-state index in [4.69, 9.17) is 4.74 Å². The number of nitrogens with one attached hydrogen (secondary N) is 2. The number of amides is 1. The first-order valence-corrected chi connectivity index (χ1v) is 8.55. The fourth-order valence-corrected chi connectivity index (χ4v) is 3.40. The van der Waals surface area contributed by atoms with Crippen LogP contribution in [-0.4, -0.2) is 74.0 Å². The minimum atomic E-state index is 0.193. The Morgan fingerprint density at radius 1 is 1.39 bits per heavy atom. The molecule has 1 aromatic rings. The summed E-state index contributed by atoms with van der Waals surface area (Å²) < 4.78 is 5.01. The van der Waals surface area contributed by atoms with Gasteiger partial charge in [0.05, 0.1) is 13.0 Å². The lowest BCUT2D eigenvalue weighted by atomic mass is 9.94. The largest absolute Gasteiger partial charge is 0.384 e. The Labute approximate surface area is 137 Å². The molecule has 3 rings (SSSR count). The minimum absolute atomic E-state index is 0.193. The average Bonchev–Trinajstić information content (AvgIpc) is 3.11. The van der Waals surface area contributed by atoms with Gasteiger partial charge in [-0.15, -0.1) is 0 Å². The van der Waals surface area contributed by atoms with Gasteiger partial charge < -0.3 is 19.9 Å². The number of nitrogens with zero attached hydrogens (tertiary/aromatic N) is 3. The van der Waals surface area contributed by atoms with E-state index in [1.807, 2.05) is 4.90 Å². The Bertz CT molecular complexity index is 512. The first-order chi connectivity index (χ1) is 11.3. The molecule has 0 saturated carbocycles. The molecule has 7 nitrogen and oxygen atoms in total. The van der Waals surface area contributed by atoms with E-state index in [0.29, 0.717) is 18.9 Å². The van der Waals surface area contributed by atoms with E-state index in [-0.39, 0.29) is 5.91 Å². The second-order valence-electron chi connectivity index (χ2n) is 6.34. The Morgan fingerprint density at radius 3 is 3.00 bits per heavy atom. The van der Waals surface area contributed by atoms with E-state index >= 15 is 0 Å². The highest BCUT2D eigenvalue weighted by atomic mass is 16.5. The molecule has 0 spiro atoms. The van der Waals surface area contributed by atoms with Crippen molar-refractivity contribution in [3.8, 4) is 0 Å². The summed E-state index contributed by atoms with van der Waals surface area (Å²) in [6, 6.07) is 2.17. The van der Waals surface area contributed by atoms with Crippen molar-refractivity contribution in [3.63, 3.8) is 0 Å². The van der Waals surface area contributed by atoms with Gasteiger partial charge in [-0.3, -0.25) is 9.89 Å². The summed E-state index contributed by atoms with van der Waals surface area (Å²) in [5.41, 5.74) is 1.16. The van der Waals surface area contributed by atoms with Crippen molar-refractivity contribution in [2.24, 2.45) is 0 Å². The molecule has 1 atom stereocenters.